The lowest BCUT2D eigenvalue weighted by molar-refractivity contribution is -0.125. The minimum absolute atomic E-state index is 0.00634. The number of thiophene rings is 1. The highest BCUT2D eigenvalue weighted by atomic mass is 32.1. The fourth-order valence-corrected chi connectivity index (χ4v) is 4.12. The van der Waals surface area contributed by atoms with E-state index in [1.807, 2.05) is 30.5 Å². The zero-order chi connectivity index (χ0) is 17.1. The van der Waals surface area contributed by atoms with Crippen LogP contribution in [0.4, 0.5) is 5.82 Å². The van der Waals surface area contributed by atoms with E-state index in [1.54, 1.807) is 17.5 Å². The molecule has 1 saturated heterocycles. The molecule has 6 heteroatoms. The molecule has 4 heterocycles. The molecule has 5 nitrogen and oxygen atoms in total. The lowest BCUT2D eigenvalue weighted by atomic mass is 9.97. The zero-order valence-electron chi connectivity index (χ0n) is 13.9. The van der Waals surface area contributed by atoms with Gasteiger partial charge in [-0.05, 0) is 42.5 Å². The van der Waals surface area contributed by atoms with Gasteiger partial charge >= 0.3 is 0 Å². The van der Waals surface area contributed by atoms with Gasteiger partial charge in [-0.1, -0.05) is 6.07 Å². The molecule has 1 amide bonds. The van der Waals surface area contributed by atoms with Crippen LogP contribution in [0.1, 0.15) is 18.5 Å². The number of hydrogen-bond acceptors (Lipinski definition) is 5. The number of nitrogens with one attached hydrogen (secondary N) is 1. The quantitative estimate of drug-likeness (QED) is 0.783. The van der Waals surface area contributed by atoms with Gasteiger partial charge in [-0.25, -0.2) is 4.98 Å². The largest absolute Gasteiger partial charge is 0.355 e. The second kappa shape index (κ2) is 7.19. The van der Waals surface area contributed by atoms with Crippen molar-refractivity contribution < 1.29 is 4.79 Å². The van der Waals surface area contributed by atoms with E-state index >= 15 is 0 Å². The second-order valence-corrected chi connectivity index (χ2v) is 7.24. The highest BCUT2D eigenvalue weighted by molar-refractivity contribution is 7.17. The van der Waals surface area contributed by atoms with Crippen LogP contribution in [0.5, 0.6) is 0 Å². The third-order valence-electron chi connectivity index (χ3n) is 4.62. The van der Waals surface area contributed by atoms with E-state index < -0.39 is 0 Å². The Morgan fingerprint density at radius 2 is 2.20 bits per heavy atom. The standard InChI is InChI=1S/C19H20N4OS/c24-19(22-12-15-5-1-2-8-20-15)14-4-3-10-23(13-14)18-16-7-11-25-17(16)6-9-21-18/h1-2,5-9,11,14H,3-4,10,12-13H2,(H,22,24). The number of carbonyl (C=O) groups excluding carboxylic acids is 1. The Kier molecular flexibility index (Phi) is 4.61. The van der Waals surface area contributed by atoms with Gasteiger partial charge in [0.2, 0.25) is 5.91 Å². The molecular formula is C19H20N4OS. The smallest absolute Gasteiger partial charge is 0.225 e. The summed E-state index contributed by atoms with van der Waals surface area (Å²) in [5.41, 5.74) is 0.883. The van der Waals surface area contributed by atoms with E-state index in [4.69, 9.17) is 0 Å². The van der Waals surface area contributed by atoms with Crippen molar-refractivity contribution in [1.29, 1.82) is 0 Å². The summed E-state index contributed by atoms with van der Waals surface area (Å²) in [7, 11) is 0. The molecule has 0 bridgehead atoms. The predicted molar refractivity (Wildman–Crippen MR) is 101 cm³/mol. The fraction of sp³-hybridized carbons (Fsp3) is 0.316. The first-order chi connectivity index (χ1) is 12.3. The van der Waals surface area contributed by atoms with Crippen molar-refractivity contribution in [2.45, 2.75) is 19.4 Å². The third-order valence-corrected chi connectivity index (χ3v) is 5.50. The molecule has 1 fully saturated rings. The molecule has 0 aromatic carbocycles. The van der Waals surface area contributed by atoms with Crippen LogP contribution in [0, 0.1) is 5.92 Å². The van der Waals surface area contributed by atoms with Crippen LogP contribution in [0.2, 0.25) is 0 Å². The predicted octanol–water partition coefficient (Wildman–Crippen LogP) is 3.22. The zero-order valence-corrected chi connectivity index (χ0v) is 14.7. The average Bonchev–Trinajstić information content (AvgIpc) is 3.16. The molecule has 0 radical (unpaired) electrons. The molecule has 3 aromatic rings. The summed E-state index contributed by atoms with van der Waals surface area (Å²) in [4.78, 5) is 23.7. The van der Waals surface area contributed by atoms with E-state index in [1.165, 1.54) is 10.1 Å². The SMILES string of the molecule is O=C(NCc1ccccn1)C1CCCN(c2nccc3sccc23)C1. The molecule has 3 aromatic heterocycles. The first-order valence-electron chi connectivity index (χ1n) is 8.56. The van der Waals surface area contributed by atoms with E-state index in [2.05, 4.69) is 31.6 Å². The minimum atomic E-state index is -0.00634. The summed E-state index contributed by atoms with van der Waals surface area (Å²) < 4.78 is 1.24. The van der Waals surface area contributed by atoms with Crippen LogP contribution in [-0.2, 0) is 11.3 Å². The van der Waals surface area contributed by atoms with E-state index in [-0.39, 0.29) is 11.8 Å². The lowest BCUT2D eigenvalue weighted by Gasteiger charge is -2.33. The van der Waals surface area contributed by atoms with Gasteiger partial charge in [-0.2, -0.15) is 0 Å². The Labute approximate surface area is 150 Å². The maximum atomic E-state index is 12.6. The second-order valence-electron chi connectivity index (χ2n) is 6.29. The minimum Gasteiger partial charge on any atom is -0.355 e. The Bertz CT molecular complexity index is 864. The molecule has 1 aliphatic heterocycles. The highest BCUT2D eigenvalue weighted by Gasteiger charge is 2.27. The number of nitrogens with zero attached hydrogens (tertiary/aromatic N) is 3. The monoisotopic (exact) mass is 352 g/mol. The van der Waals surface area contributed by atoms with Crippen molar-refractivity contribution in [2.24, 2.45) is 5.92 Å². The first-order valence-corrected chi connectivity index (χ1v) is 9.44. The highest BCUT2D eigenvalue weighted by Crippen LogP contribution is 2.31. The van der Waals surface area contributed by atoms with Crippen molar-refractivity contribution in [3.63, 3.8) is 0 Å². The Balaban J connectivity index is 1.44. The molecule has 4 rings (SSSR count). The lowest BCUT2D eigenvalue weighted by Crippen LogP contribution is -2.43. The molecule has 0 saturated carbocycles. The number of amides is 1. The van der Waals surface area contributed by atoms with Crippen molar-refractivity contribution in [3.8, 4) is 0 Å². The van der Waals surface area contributed by atoms with Crippen molar-refractivity contribution >= 4 is 33.1 Å². The summed E-state index contributed by atoms with van der Waals surface area (Å²) >= 11 is 1.73. The van der Waals surface area contributed by atoms with Crippen LogP contribution < -0.4 is 10.2 Å². The Hall–Kier alpha value is -2.47. The summed E-state index contributed by atoms with van der Waals surface area (Å²) in [5.74, 6) is 1.10. The summed E-state index contributed by atoms with van der Waals surface area (Å²) in [6.45, 7) is 2.15. The van der Waals surface area contributed by atoms with Gasteiger partial charge < -0.3 is 10.2 Å². The summed E-state index contributed by atoms with van der Waals surface area (Å²) in [6, 6.07) is 9.90. The van der Waals surface area contributed by atoms with Gasteiger partial charge in [-0.3, -0.25) is 9.78 Å². The van der Waals surface area contributed by atoms with Gasteiger partial charge in [0.25, 0.3) is 0 Å². The number of piperidine rings is 1. The number of carbonyl (C=O) groups is 1. The van der Waals surface area contributed by atoms with Crippen LogP contribution in [0.3, 0.4) is 0 Å². The van der Waals surface area contributed by atoms with E-state index in [0.29, 0.717) is 6.54 Å². The number of fused-ring (bicyclic) bond motifs is 1. The van der Waals surface area contributed by atoms with Crippen LogP contribution in [-0.4, -0.2) is 29.0 Å². The maximum Gasteiger partial charge on any atom is 0.225 e. The van der Waals surface area contributed by atoms with Crippen LogP contribution in [0.25, 0.3) is 10.1 Å². The fourth-order valence-electron chi connectivity index (χ4n) is 3.34. The van der Waals surface area contributed by atoms with Crippen LogP contribution >= 0.6 is 11.3 Å². The molecule has 25 heavy (non-hydrogen) atoms. The van der Waals surface area contributed by atoms with E-state index in [9.17, 15) is 4.79 Å². The number of rotatable bonds is 4. The summed E-state index contributed by atoms with van der Waals surface area (Å²) in [5, 5.41) is 6.30. The van der Waals surface area contributed by atoms with Gasteiger partial charge in [0.1, 0.15) is 5.82 Å². The number of aromatic nitrogens is 2. The third kappa shape index (κ3) is 3.49. The molecular weight excluding hydrogens is 332 g/mol. The van der Waals surface area contributed by atoms with Crippen molar-refractivity contribution in [3.05, 3.63) is 53.8 Å². The normalized spacial score (nSPS) is 17.6. The van der Waals surface area contributed by atoms with Crippen LogP contribution in [0.15, 0.2) is 48.1 Å². The molecule has 1 unspecified atom stereocenters. The number of anilines is 1. The molecule has 1 atom stereocenters. The van der Waals surface area contributed by atoms with Crippen molar-refractivity contribution in [1.82, 2.24) is 15.3 Å². The molecule has 128 valence electrons. The molecule has 0 aliphatic carbocycles. The topological polar surface area (TPSA) is 58.1 Å². The molecule has 1 N–H and O–H groups in total. The van der Waals surface area contributed by atoms with Gasteiger partial charge in [-0.15, -0.1) is 11.3 Å². The number of hydrogen-bond donors (Lipinski definition) is 1. The van der Waals surface area contributed by atoms with Gasteiger partial charge in [0.15, 0.2) is 0 Å². The first kappa shape index (κ1) is 16.0. The maximum absolute atomic E-state index is 12.6. The van der Waals surface area contributed by atoms with Crippen molar-refractivity contribution in [2.75, 3.05) is 18.0 Å². The Morgan fingerprint density at radius 3 is 3.08 bits per heavy atom. The number of pyridine rings is 2. The average molecular weight is 352 g/mol. The van der Waals surface area contributed by atoms with E-state index in [0.717, 1.165) is 37.4 Å². The van der Waals surface area contributed by atoms with Gasteiger partial charge in [0.05, 0.1) is 18.2 Å². The Morgan fingerprint density at radius 1 is 1.24 bits per heavy atom. The van der Waals surface area contributed by atoms with Gasteiger partial charge in [0, 0.05) is 35.6 Å². The molecule has 1 aliphatic rings. The molecule has 0 spiro atoms. The summed E-state index contributed by atoms with van der Waals surface area (Å²) in [6.07, 6.45) is 5.53.